The smallest absolute Gasteiger partial charge is 0.407 e. The SMILES string of the molecule is CC(C)OC(=O)NCC(=O)N1CC(C)(C)C[C@H]1N=O. The lowest BCUT2D eigenvalue weighted by Gasteiger charge is -2.21. The summed E-state index contributed by atoms with van der Waals surface area (Å²) in [6.07, 6.45) is -0.994. The first kappa shape index (κ1) is 15.4. The van der Waals surface area contributed by atoms with Gasteiger partial charge in [0.25, 0.3) is 0 Å². The van der Waals surface area contributed by atoms with Gasteiger partial charge in [0.15, 0.2) is 6.17 Å². The van der Waals surface area contributed by atoms with Crippen molar-refractivity contribution < 1.29 is 14.3 Å². The maximum Gasteiger partial charge on any atom is 0.407 e. The summed E-state index contributed by atoms with van der Waals surface area (Å²) in [6.45, 7) is 7.65. The Morgan fingerprint density at radius 3 is 2.63 bits per heavy atom. The van der Waals surface area contributed by atoms with Crippen molar-refractivity contribution in [1.82, 2.24) is 10.2 Å². The molecule has 1 N–H and O–H groups in total. The predicted molar refractivity (Wildman–Crippen MR) is 69.3 cm³/mol. The van der Waals surface area contributed by atoms with Crippen LogP contribution in [0.2, 0.25) is 0 Å². The molecule has 19 heavy (non-hydrogen) atoms. The van der Waals surface area contributed by atoms with Crippen LogP contribution in [0.3, 0.4) is 0 Å². The maximum atomic E-state index is 11.9. The number of carbonyl (C=O) groups excluding carboxylic acids is 2. The van der Waals surface area contributed by atoms with Crippen molar-refractivity contribution in [2.75, 3.05) is 13.1 Å². The van der Waals surface area contributed by atoms with E-state index in [1.54, 1.807) is 13.8 Å². The minimum atomic E-state index is -0.648. The summed E-state index contributed by atoms with van der Waals surface area (Å²) in [6, 6.07) is 0. The number of hydrogen-bond acceptors (Lipinski definition) is 5. The highest BCUT2D eigenvalue weighted by atomic mass is 16.6. The van der Waals surface area contributed by atoms with Gasteiger partial charge in [0.2, 0.25) is 5.91 Å². The zero-order valence-electron chi connectivity index (χ0n) is 11.8. The van der Waals surface area contributed by atoms with Crippen molar-refractivity contribution in [2.45, 2.75) is 46.4 Å². The molecule has 1 aliphatic heterocycles. The van der Waals surface area contributed by atoms with Crippen molar-refractivity contribution in [1.29, 1.82) is 0 Å². The van der Waals surface area contributed by atoms with Crippen molar-refractivity contribution in [3.8, 4) is 0 Å². The molecule has 7 heteroatoms. The molecule has 0 unspecified atom stereocenters. The molecule has 1 atom stereocenters. The van der Waals surface area contributed by atoms with Gasteiger partial charge >= 0.3 is 6.09 Å². The van der Waals surface area contributed by atoms with Gasteiger partial charge in [0.05, 0.1) is 6.10 Å². The topological polar surface area (TPSA) is 88.1 Å². The van der Waals surface area contributed by atoms with Crippen LogP contribution in [-0.2, 0) is 9.53 Å². The summed E-state index contributed by atoms with van der Waals surface area (Å²) in [5, 5.41) is 5.34. The number of nitroso groups, excluding NO2 is 1. The van der Waals surface area contributed by atoms with Crippen molar-refractivity contribution >= 4 is 12.0 Å². The number of rotatable bonds is 4. The zero-order chi connectivity index (χ0) is 14.6. The van der Waals surface area contributed by atoms with Crippen molar-refractivity contribution in [3.05, 3.63) is 4.91 Å². The molecule has 1 rings (SSSR count). The van der Waals surface area contributed by atoms with Gasteiger partial charge in [-0.25, -0.2) is 4.79 Å². The summed E-state index contributed by atoms with van der Waals surface area (Å²) < 4.78 is 4.85. The molecule has 1 fully saturated rings. The van der Waals surface area contributed by atoms with Crippen molar-refractivity contribution in [3.63, 3.8) is 0 Å². The second-order valence-electron chi connectivity index (χ2n) is 5.78. The van der Waals surface area contributed by atoms with Gasteiger partial charge in [-0.05, 0) is 30.9 Å². The Morgan fingerprint density at radius 2 is 2.11 bits per heavy atom. The minimum Gasteiger partial charge on any atom is -0.447 e. The van der Waals surface area contributed by atoms with Crippen LogP contribution in [0.1, 0.15) is 34.1 Å². The van der Waals surface area contributed by atoms with Crippen LogP contribution < -0.4 is 5.32 Å². The summed E-state index contributed by atoms with van der Waals surface area (Å²) in [7, 11) is 0. The Kier molecular flexibility index (Phi) is 4.85. The number of alkyl carbamates (subject to hydrolysis) is 1. The molecule has 0 aromatic carbocycles. The lowest BCUT2D eigenvalue weighted by molar-refractivity contribution is -0.131. The Bertz CT molecular complexity index is 368. The number of likely N-dealkylation sites (tertiary alicyclic amines) is 1. The molecule has 7 nitrogen and oxygen atoms in total. The second kappa shape index (κ2) is 5.99. The standard InChI is InChI=1S/C12H21N3O4/c1-8(2)19-11(17)13-6-10(16)15-7-12(3,4)5-9(15)14-18/h8-9H,5-7H2,1-4H3,(H,13,17)/t9-/m0/s1. The van der Waals surface area contributed by atoms with Crippen molar-refractivity contribution in [2.24, 2.45) is 10.6 Å². The molecule has 0 aromatic heterocycles. The van der Waals surface area contributed by atoms with E-state index in [2.05, 4.69) is 10.5 Å². The molecule has 0 radical (unpaired) electrons. The first-order chi connectivity index (χ1) is 8.75. The van der Waals surface area contributed by atoms with Gasteiger partial charge in [-0.2, -0.15) is 0 Å². The van der Waals surface area contributed by atoms with Crippen LogP contribution in [0.4, 0.5) is 4.79 Å². The van der Waals surface area contributed by atoms with E-state index in [-0.39, 0.29) is 24.0 Å². The largest absolute Gasteiger partial charge is 0.447 e. The Balaban J connectivity index is 2.49. The first-order valence-corrected chi connectivity index (χ1v) is 6.31. The van der Waals surface area contributed by atoms with E-state index in [9.17, 15) is 14.5 Å². The summed E-state index contributed by atoms with van der Waals surface area (Å²) in [5.41, 5.74) is -0.132. The maximum absolute atomic E-state index is 11.9. The average Bonchev–Trinajstić information content (AvgIpc) is 2.60. The first-order valence-electron chi connectivity index (χ1n) is 6.31. The van der Waals surface area contributed by atoms with E-state index in [0.717, 1.165) is 0 Å². The number of ether oxygens (including phenoxy) is 1. The molecule has 1 saturated heterocycles. The molecule has 0 saturated carbocycles. The molecule has 1 aliphatic rings. The summed E-state index contributed by atoms with van der Waals surface area (Å²) in [5.74, 6) is -0.323. The highest BCUT2D eigenvalue weighted by Crippen LogP contribution is 2.34. The van der Waals surface area contributed by atoms with Crippen LogP contribution in [0.25, 0.3) is 0 Å². The van der Waals surface area contributed by atoms with E-state index in [0.29, 0.717) is 13.0 Å². The van der Waals surface area contributed by atoms with E-state index in [4.69, 9.17) is 4.74 Å². The average molecular weight is 271 g/mol. The third-order valence-electron chi connectivity index (χ3n) is 2.86. The molecule has 0 bridgehead atoms. The molecule has 0 aliphatic carbocycles. The Morgan fingerprint density at radius 1 is 1.47 bits per heavy atom. The van der Waals surface area contributed by atoms with E-state index < -0.39 is 12.3 Å². The number of nitrogens with one attached hydrogen (secondary N) is 1. The fourth-order valence-electron chi connectivity index (χ4n) is 2.09. The molecule has 0 aromatic rings. The molecule has 108 valence electrons. The van der Waals surface area contributed by atoms with Crippen LogP contribution in [-0.4, -0.2) is 42.3 Å². The van der Waals surface area contributed by atoms with E-state index >= 15 is 0 Å². The fraction of sp³-hybridized carbons (Fsp3) is 0.833. The summed E-state index contributed by atoms with van der Waals surface area (Å²) >= 11 is 0. The molecule has 2 amide bonds. The van der Waals surface area contributed by atoms with Crippen LogP contribution in [0.5, 0.6) is 0 Å². The number of carbonyl (C=O) groups is 2. The Hall–Kier alpha value is -1.66. The van der Waals surface area contributed by atoms with Gasteiger partial charge in [0.1, 0.15) is 6.54 Å². The Labute approximate surface area is 112 Å². The lowest BCUT2D eigenvalue weighted by Crippen LogP contribution is -2.42. The molecular formula is C12H21N3O4. The quantitative estimate of drug-likeness (QED) is 0.784. The number of amides is 2. The number of hydrogen-bond donors (Lipinski definition) is 1. The second-order valence-corrected chi connectivity index (χ2v) is 5.78. The van der Waals surface area contributed by atoms with Gasteiger partial charge in [-0.15, -0.1) is 4.91 Å². The predicted octanol–water partition coefficient (Wildman–Crippen LogP) is 1.47. The van der Waals surface area contributed by atoms with Gasteiger partial charge in [0, 0.05) is 6.54 Å². The highest BCUT2D eigenvalue weighted by molar-refractivity contribution is 5.82. The van der Waals surface area contributed by atoms with E-state index in [1.165, 1.54) is 4.90 Å². The fourth-order valence-corrected chi connectivity index (χ4v) is 2.09. The lowest BCUT2D eigenvalue weighted by atomic mass is 9.92. The van der Waals surface area contributed by atoms with E-state index in [1.807, 2.05) is 13.8 Å². The van der Waals surface area contributed by atoms with Crippen LogP contribution in [0, 0.1) is 10.3 Å². The summed E-state index contributed by atoms with van der Waals surface area (Å²) in [4.78, 5) is 35.4. The van der Waals surface area contributed by atoms with Crippen LogP contribution in [0.15, 0.2) is 5.18 Å². The molecule has 1 heterocycles. The van der Waals surface area contributed by atoms with Gasteiger partial charge in [-0.1, -0.05) is 13.8 Å². The molecule has 0 spiro atoms. The third kappa shape index (κ3) is 4.50. The van der Waals surface area contributed by atoms with Gasteiger partial charge in [-0.3, -0.25) is 4.79 Å². The van der Waals surface area contributed by atoms with Crippen LogP contribution >= 0.6 is 0 Å². The minimum absolute atomic E-state index is 0.132. The third-order valence-corrected chi connectivity index (χ3v) is 2.86. The van der Waals surface area contributed by atoms with Gasteiger partial charge < -0.3 is 15.0 Å². The highest BCUT2D eigenvalue weighted by Gasteiger charge is 2.40. The molecular weight excluding hydrogens is 250 g/mol. The monoisotopic (exact) mass is 271 g/mol. The number of nitrogens with zero attached hydrogens (tertiary/aromatic N) is 2. The zero-order valence-corrected chi connectivity index (χ0v) is 11.8. The normalized spacial score (nSPS) is 21.3.